The lowest BCUT2D eigenvalue weighted by atomic mass is 9.88. The molecule has 1 aromatic carbocycles. The number of carbonyl (C=O) groups excluding carboxylic acids is 4. The van der Waals surface area contributed by atoms with Gasteiger partial charge in [0.1, 0.15) is 23.4 Å². The van der Waals surface area contributed by atoms with E-state index in [0.29, 0.717) is 12.8 Å². The van der Waals surface area contributed by atoms with E-state index in [0.717, 1.165) is 6.42 Å². The highest BCUT2D eigenvalue weighted by Crippen LogP contribution is 2.36. The minimum absolute atomic E-state index is 0.0141. The van der Waals surface area contributed by atoms with Gasteiger partial charge in [-0.1, -0.05) is 18.2 Å². The number of hydrogen-bond acceptors (Lipinski definition) is 7. The molecule has 3 amide bonds. The first-order valence-corrected chi connectivity index (χ1v) is 12.0. The molecule has 1 fully saturated rings. The van der Waals surface area contributed by atoms with Gasteiger partial charge in [-0.3, -0.25) is 14.4 Å². The highest BCUT2D eigenvalue weighted by atomic mass is 16.6. The molecule has 0 radical (unpaired) electrons. The van der Waals surface area contributed by atoms with Crippen molar-refractivity contribution in [3.63, 3.8) is 0 Å². The number of hydrogen-bond donors (Lipinski definition) is 3. The van der Waals surface area contributed by atoms with E-state index < -0.39 is 41.6 Å². The van der Waals surface area contributed by atoms with Gasteiger partial charge in [-0.25, -0.2) is 4.79 Å². The zero-order valence-electron chi connectivity index (χ0n) is 21.1. The average Bonchev–Trinajstić information content (AvgIpc) is 2.71. The van der Waals surface area contributed by atoms with Gasteiger partial charge >= 0.3 is 12.1 Å². The number of aromatic hydroxyl groups is 1. The van der Waals surface area contributed by atoms with Crippen LogP contribution in [0.15, 0.2) is 24.3 Å². The van der Waals surface area contributed by atoms with E-state index in [1.165, 1.54) is 17.9 Å². The maximum atomic E-state index is 13.6. The zero-order chi connectivity index (χ0) is 26.2. The number of alkyl carbamates (subject to hydrolysis) is 1. The minimum atomic E-state index is -1.15. The molecule has 35 heavy (non-hydrogen) atoms. The fourth-order valence-corrected chi connectivity index (χ4v) is 3.71. The highest BCUT2D eigenvalue weighted by Gasteiger charge is 2.41. The van der Waals surface area contributed by atoms with E-state index >= 15 is 0 Å². The quantitative estimate of drug-likeness (QED) is 0.429. The van der Waals surface area contributed by atoms with Crippen LogP contribution in [0.4, 0.5) is 4.79 Å². The van der Waals surface area contributed by atoms with Crippen LogP contribution in [0.5, 0.6) is 5.75 Å². The number of nitrogens with zero attached hydrogens (tertiary/aromatic N) is 1. The standard InChI is InChI=1S/C25H37N3O7/c1-6-34-20(30)14-15-26-22(31)21(18-12-7-8-13-19(18)29)28(17-10-9-11-17)23(32)16(2)27-24(33)35-25(3,4)5/h7-8,12-13,16-17,21,29H,6,9-11,14-15H2,1-5H3,(H,26,31)(H,27,33). The number of esters is 1. The molecule has 1 aliphatic carbocycles. The topological polar surface area (TPSA) is 134 Å². The molecule has 0 bridgehead atoms. The van der Waals surface area contributed by atoms with E-state index in [1.807, 2.05) is 0 Å². The molecule has 2 atom stereocenters. The Morgan fingerprint density at radius 3 is 2.37 bits per heavy atom. The fraction of sp³-hybridized carbons (Fsp3) is 0.600. The summed E-state index contributed by atoms with van der Waals surface area (Å²) >= 11 is 0. The van der Waals surface area contributed by atoms with Crippen molar-refractivity contribution >= 4 is 23.9 Å². The van der Waals surface area contributed by atoms with Crippen LogP contribution in [0, 0.1) is 0 Å². The summed E-state index contributed by atoms with van der Waals surface area (Å²) in [5.74, 6) is -1.60. The van der Waals surface area contributed by atoms with Crippen LogP contribution in [0.2, 0.25) is 0 Å². The summed E-state index contributed by atoms with van der Waals surface area (Å²) in [6, 6.07) is 3.93. The van der Waals surface area contributed by atoms with Crippen molar-refractivity contribution in [1.29, 1.82) is 0 Å². The summed E-state index contributed by atoms with van der Waals surface area (Å²) in [5.41, 5.74) is -0.483. The smallest absolute Gasteiger partial charge is 0.408 e. The van der Waals surface area contributed by atoms with Crippen LogP contribution in [0.1, 0.15) is 71.9 Å². The van der Waals surface area contributed by atoms with Crippen LogP contribution in [-0.2, 0) is 23.9 Å². The zero-order valence-corrected chi connectivity index (χ0v) is 21.1. The van der Waals surface area contributed by atoms with E-state index in [4.69, 9.17) is 9.47 Å². The number of ether oxygens (including phenoxy) is 2. The summed E-state index contributed by atoms with van der Waals surface area (Å²) in [4.78, 5) is 52.4. The Hall–Kier alpha value is -3.30. The molecular formula is C25H37N3O7. The van der Waals surface area contributed by atoms with Gasteiger partial charge < -0.3 is 30.1 Å². The van der Waals surface area contributed by atoms with Crippen molar-refractivity contribution in [2.75, 3.05) is 13.2 Å². The second kappa shape index (κ2) is 12.4. The Labute approximate surface area is 206 Å². The number of benzene rings is 1. The van der Waals surface area contributed by atoms with Gasteiger partial charge in [0, 0.05) is 18.2 Å². The molecule has 1 aliphatic rings. The Morgan fingerprint density at radius 1 is 1.17 bits per heavy atom. The Bertz CT molecular complexity index is 909. The fourth-order valence-electron chi connectivity index (χ4n) is 3.71. The number of phenolic OH excluding ortho intramolecular Hbond substituents is 1. The first-order chi connectivity index (χ1) is 16.4. The van der Waals surface area contributed by atoms with Crippen LogP contribution >= 0.6 is 0 Å². The average molecular weight is 492 g/mol. The number of nitrogens with one attached hydrogen (secondary N) is 2. The van der Waals surface area contributed by atoms with Gasteiger partial charge in [0.05, 0.1) is 13.0 Å². The SMILES string of the molecule is CCOC(=O)CCNC(=O)C(c1ccccc1O)N(C(=O)C(C)NC(=O)OC(C)(C)C)C1CCC1. The third-order valence-electron chi connectivity index (χ3n) is 5.52. The molecule has 1 saturated carbocycles. The Kier molecular flexibility index (Phi) is 9.91. The van der Waals surface area contributed by atoms with E-state index in [2.05, 4.69) is 10.6 Å². The Morgan fingerprint density at radius 2 is 1.83 bits per heavy atom. The second-order valence-corrected chi connectivity index (χ2v) is 9.51. The number of para-hydroxylation sites is 1. The van der Waals surface area contributed by atoms with Crippen molar-refractivity contribution in [2.45, 2.75) is 84.0 Å². The molecule has 10 heteroatoms. The van der Waals surface area contributed by atoms with Crippen molar-refractivity contribution in [2.24, 2.45) is 0 Å². The highest BCUT2D eigenvalue weighted by molar-refractivity contribution is 5.92. The van der Waals surface area contributed by atoms with Crippen LogP contribution < -0.4 is 10.6 Å². The van der Waals surface area contributed by atoms with E-state index in [-0.39, 0.29) is 36.9 Å². The molecule has 0 spiro atoms. The summed E-state index contributed by atoms with van der Waals surface area (Å²) < 4.78 is 10.2. The summed E-state index contributed by atoms with van der Waals surface area (Å²) in [5, 5.41) is 15.8. The third kappa shape index (κ3) is 8.15. The van der Waals surface area contributed by atoms with Crippen molar-refractivity contribution in [1.82, 2.24) is 15.5 Å². The maximum Gasteiger partial charge on any atom is 0.408 e. The predicted molar refractivity (Wildman–Crippen MR) is 128 cm³/mol. The summed E-state index contributed by atoms with van der Waals surface area (Å²) in [6.45, 7) is 8.62. The van der Waals surface area contributed by atoms with Gasteiger partial charge in [0.2, 0.25) is 11.8 Å². The second-order valence-electron chi connectivity index (χ2n) is 9.51. The van der Waals surface area contributed by atoms with E-state index in [1.54, 1.807) is 45.9 Å². The number of rotatable bonds is 10. The molecule has 2 unspecified atom stereocenters. The molecule has 0 saturated heterocycles. The third-order valence-corrected chi connectivity index (χ3v) is 5.52. The van der Waals surface area contributed by atoms with Gasteiger partial charge in [-0.15, -0.1) is 0 Å². The minimum Gasteiger partial charge on any atom is -0.508 e. The molecule has 0 heterocycles. The van der Waals surface area contributed by atoms with Gasteiger partial charge in [-0.2, -0.15) is 0 Å². The maximum absolute atomic E-state index is 13.6. The lowest BCUT2D eigenvalue weighted by Gasteiger charge is -2.43. The Balaban J connectivity index is 2.31. The molecule has 2 rings (SSSR count). The predicted octanol–water partition coefficient (Wildman–Crippen LogP) is 2.80. The van der Waals surface area contributed by atoms with Gasteiger partial charge in [0.25, 0.3) is 0 Å². The largest absolute Gasteiger partial charge is 0.508 e. The first-order valence-electron chi connectivity index (χ1n) is 12.0. The van der Waals surface area contributed by atoms with E-state index in [9.17, 15) is 24.3 Å². The molecular weight excluding hydrogens is 454 g/mol. The molecule has 3 N–H and O–H groups in total. The monoisotopic (exact) mass is 491 g/mol. The lowest BCUT2D eigenvalue weighted by molar-refractivity contribution is -0.147. The molecule has 0 aliphatic heterocycles. The number of carbonyl (C=O) groups is 4. The molecule has 0 aromatic heterocycles. The normalized spacial score (nSPS) is 15.2. The molecule has 1 aromatic rings. The van der Waals surface area contributed by atoms with Crippen molar-refractivity contribution < 1.29 is 33.8 Å². The van der Waals surface area contributed by atoms with Crippen molar-refractivity contribution in [3.8, 4) is 5.75 Å². The van der Waals surface area contributed by atoms with Gasteiger partial charge in [0.15, 0.2) is 0 Å². The van der Waals surface area contributed by atoms with Crippen LogP contribution in [0.25, 0.3) is 0 Å². The van der Waals surface area contributed by atoms with Crippen LogP contribution in [-0.4, -0.2) is 64.7 Å². The van der Waals surface area contributed by atoms with Crippen LogP contribution in [0.3, 0.4) is 0 Å². The first kappa shape index (κ1) is 27.9. The molecule has 10 nitrogen and oxygen atoms in total. The number of phenols is 1. The lowest BCUT2D eigenvalue weighted by Crippen LogP contribution is -2.56. The number of amides is 3. The summed E-state index contributed by atoms with van der Waals surface area (Å²) in [6.07, 6.45) is 1.49. The molecule has 194 valence electrons. The van der Waals surface area contributed by atoms with Gasteiger partial charge in [-0.05, 0) is 59.9 Å². The van der Waals surface area contributed by atoms with Crippen molar-refractivity contribution in [3.05, 3.63) is 29.8 Å². The summed E-state index contributed by atoms with van der Waals surface area (Å²) in [7, 11) is 0.